The quantitative estimate of drug-likeness (QED) is 0.720. The van der Waals surface area contributed by atoms with E-state index in [0.29, 0.717) is 18.2 Å². The van der Waals surface area contributed by atoms with Crippen molar-refractivity contribution in [1.82, 2.24) is 29.5 Å². The molecule has 9 heteroatoms. The van der Waals surface area contributed by atoms with Crippen LogP contribution in [0.2, 0.25) is 0 Å². The standard InChI is InChI=1S/C16H22N8O/c1-22-9-10(7-18-22)13(25)6-11-4-3-5-24(11)16-20-14(17)12-8-19-23(2)15(12)21-16/h7-9,11,13,25H,3-6H2,1-2H3,(H2,17,20,21)/t11-,13+/m0/s1. The van der Waals surface area contributed by atoms with Gasteiger partial charge in [-0.25, -0.2) is 0 Å². The van der Waals surface area contributed by atoms with Crippen LogP contribution in [0, 0.1) is 0 Å². The maximum Gasteiger partial charge on any atom is 0.229 e. The SMILES string of the molecule is Cn1cc([C@H](O)C[C@@H]2CCCN2c2nc(N)c3cnn(C)c3n2)cn1. The predicted octanol–water partition coefficient (Wildman–Crippen LogP) is 0.771. The highest BCUT2D eigenvalue weighted by Crippen LogP contribution is 2.31. The van der Waals surface area contributed by atoms with Gasteiger partial charge in [-0.3, -0.25) is 9.36 Å². The van der Waals surface area contributed by atoms with Crippen molar-refractivity contribution in [3.63, 3.8) is 0 Å². The summed E-state index contributed by atoms with van der Waals surface area (Å²) >= 11 is 0. The van der Waals surface area contributed by atoms with Crippen molar-refractivity contribution in [2.75, 3.05) is 17.2 Å². The Morgan fingerprint density at radius 3 is 2.88 bits per heavy atom. The minimum absolute atomic E-state index is 0.167. The van der Waals surface area contributed by atoms with Crippen molar-refractivity contribution < 1.29 is 5.11 Å². The minimum Gasteiger partial charge on any atom is -0.388 e. The van der Waals surface area contributed by atoms with Crippen LogP contribution >= 0.6 is 0 Å². The Hall–Kier alpha value is -2.68. The van der Waals surface area contributed by atoms with Gasteiger partial charge in [0, 0.05) is 38.4 Å². The number of aliphatic hydroxyl groups is 1. The van der Waals surface area contributed by atoms with E-state index in [2.05, 4.69) is 25.1 Å². The summed E-state index contributed by atoms with van der Waals surface area (Å²) in [6.45, 7) is 0.854. The third-order valence-corrected chi connectivity index (χ3v) is 4.85. The number of rotatable bonds is 4. The van der Waals surface area contributed by atoms with Gasteiger partial charge >= 0.3 is 0 Å². The van der Waals surface area contributed by atoms with Crippen molar-refractivity contribution in [1.29, 1.82) is 0 Å². The number of hydrogen-bond acceptors (Lipinski definition) is 7. The first kappa shape index (κ1) is 15.8. The Bertz CT molecular complexity index is 901. The van der Waals surface area contributed by atoms with Crippen molar-refractivity contribution >= 4 is 22.8 Å². The monoisotopic (exact) mass is 342 g/mol. The van der Waals surface area contributed by atoms with Crippen LogP contribution in [0.5, 0.6) is 0 Å². The van der Waals surface area contributed by atoms with Gasteiger partial charge in [-0.2, -0.15) is 20.2 Å². The smallest absolute Gasteiger partial charge is 0.229 e. The molecular weight excluding hydrogens is 320 g/mol. The maximum atomic E-state index is 10.5. The van der Waals surface area contributed by atoms with Crippen LogP contribution in [0.1, 0.15) is 30.9 Å². The molecule has 2 atom stereocenters. The average Bonchev–Trinajstić information content (AvgIpc) is 3.29. The Morgan fingerprint density at radius 1 is 1.28 bits per heavy atom. The zero-order chi connectivity index (χ0) is 17.6. The van der Waals surface area contributed by atoms with Crippen LogP contribution in [0.3, 0.4) is 0 Å². The number of aliphatic hydroxyl groups excluding tert-OH is 1. The summed E-state index contributed by atoms with van der Waals surface area (Å²) in [5.74, 6) is 1.04. The molecule has 0 saturated carbocycles. The van der Waals surface area contributed by atoms with Gasteiger partial charge in [-0.05, 0) is 19.3 Å². The van der Waals surface area contributed by atoms with Gasteiger partial charge in [0.2, 0.25) is 5.95 Å². The van der Waals surface area contributed by atoms with Gasteiger partial charge in [0.25, 0.3) is 0 Å². The molecule has 1 saturated heterocycles. The van der Waals surface area contributed by atoms with Gasteiger partial charge < -0.3 is 15.7 Å². The summed E-state index contributed by atoms with van der Waals surface area (Å²) in [5, 5.41) is 19.6. The molecule has 0 amide bonds. The van der Waals surface area contributed by atoms with E-state index >= 15 is 0 Å². The number of aromatic nitrogens is 6. The van der Waals surface area contributed by atoms with Crippen molar-refractivity contribution in [2.45, 2.75) is 31.4 Å². The van der Waals surface area contributed by atoms with E-state index < -0.39 is 6.10 Å². The van der Waals surface area contributed by atoms with Crippen LogP contribution in [-0.2, 0) is 14.1 Å². The van der Waals surface area contributed by atoms with Crippen molar-refractivity contribution in [3.8, 4) is 0 Å². The zero-order valence-corrected chi connectivity index (χ0v) is 14.4. The predicted molar refractivity (Wildman–Crippen MR) is 93.9 cm³/mol. The Kier molecular flexibility index (Phi) is 3.79. The number of anilines is 2. The Labute approximate surface area is 145 Å². The molecule has 0 spiro atoms. The molecule has 1 aliphatic heterocycles. The van der Waals surface area contributed by atoms with E-state index in [0.717, 1.165) is 36.0 Å². The summed E-state index contributed by atoms with van der Waals surface area (Å²) in [6, 6.07) is 0.167. The van der Waals surface area contributed by atoms with Gasteiger partial charge in [0.1, 0.15) is 5.82 Å². The first-order valence-electron chi connectivity index (χ1n) is 8.41. The van der Waals surface area contributed by atoms with Crippen LogP contribution in [0.4, 0.5) is 11.8 Å². The van der Waals surface area contributed by atoms with Crippen molar-refractivity contribution in [3.05, 3.63) is 24.2 Å². The summed E-state index contributed by atoms with van der Waals surface area (Å²) < 4.78 is 3.40. The number of hydrogen-bond donors (Lipinski definition) is 2. The minimum atomic E-state index is -0.558. The topological polar surface area (TPSA) is 111 Å². The fourth-order valence-electron chi connectivity index (χ4n) is 3.51. The van der Waals surface area contributed by atoms with E-state index in [4.69, 9.17) is 5.73 Å². The fraction of sp³-hybridized carbons (Fsp3) is 0.500. The normalized spacial score (nSPS) is 19.0. The number of nitrogens with two attached hydrogens (primary N) is 1. The van der Waals surface area contributed by atoms with E-state index in [9.17, 15) is 5.11 Å². The first-order chi connectivity index (χ1) is 12.0. The van der Waals surface area contributed by atoms with Crippen LogP contribution in [0.15, 0.2) is 18.6 Å². The lowest BCUT2D eigenvalue weighted by Gasteiger charge is -2.26. The second-order valence-corrected chi connectivity index (χ2v) is 6.60. The lowest BCUT2D eigenvalue weighted by atomic mass is 10.0. The molecule has 9 nitrogen and oxygen atoms in total. The molecule has 4 heterocycles. The third-order valence-electron chi connectivity index (χ3n) is 4.85. The zero-order valence-electron chi connectivity index (χ0n) is 14.4. The van der Waals surface area contributed by atoms with Crippen LogP contribution in [-0.4, -0.2) is 47.2 Å². The molecule has 25 heavy (non-hydrogen) atoms. The van der Waals surface area contributed by atoms with Gasteiger partial charge in [-0.15, -0.1) is 0 Å². The van der Waals surface area contributed by atoms with Gasteiger partial charge in [0.15, 0.2) is 5.65 Å². The molecule has 3 N–H and O–H groups in total. The number of aryl methyl sites for hydroxylation is 2. The molecule has 132 valence electrons. The van der Waals surface area contributed by atoms with E-state index in [1.54, 1.807) is 21.8 Å². The fourth-order valence-corrected chi connectivity index (χ4v) is 3.51. The lowest BCUT2D eigenvalue weighted by molar-refractivity contribution is 0.158. The molecule has 4 rings (SSSR count). The van der Waals surface area contributed by atoms with Crippen molar-refractivity contribution in [2.24, 2.45) is 14.1 Å². The summed E-state index contributed by atoms with van der Waals surface area (Å²) in [5.41, 5.74) is 7.64. The van der Waals surface area contributed by atoms with E-state index in [1.165, 1.54) is 0 Å². The molecule has 0 aromatic carbocycles. The number of fused-ring (bicyclic) bond motifs is 1. The Balaban J connectivity index is 1.60. The molecule has 3 aromatic rings. The second kappa shape index (κ2) is 5.99. The van der Waals surface area contributed by atoms with Gasteiger partial charge in [-0.1, -0.05) is 0 Å². The van der Waals surface area contributed by atoms with Gasteiger partial charge in [0.05, 0.1) is 23.9 Å². The molecular formula is C16H22N8O. The number of nitrogen functional groups attached to an aromatic ring is 1. The van der Waals surface area contributed by atoms with Crippen LogP contribution in [0.25, 0.3) is 11.0 Å². The maximum absolute atomic E-state index is 10.5. The number of nitrogens with zero attached hydrogens (tertiary/aromatic N) is 7. The molecule has 0 radical (unpaired) electrons. The molecule has 1 fully saturated rings. The largest absolute Gasteiger partial charge is 0.388 e. The summed E-state index contributed by atoms with van der Waals surface area (Å²) in [4.78, 5) is 11.3. The molecule has 0 aliphatic carbocycles. The third kappa shape index (κ3) is 2.80. The summed E-state index contributed by atoms with van der Waals surface area (Å²) in [7, 11) is 3.68. The lowest BCUT2D eigenvalue weighted by Crippen LogP contribution is -2.32. The summed E-state index contributed by atoms with van der Waals surface area (Å²) in [6.07, 6.45) is 7.32. The van der Waals surface area contributed by atoms with Crippen LogP contribution < -0.4 is 10.6 Å². The Morgan fingerprint density at radius 2 is 2.12 bits per heavy atom. The highest BCUT2D eigenvalue weighted by Gasteiger charge is 2.30. The average molecular weight is 342 g/mol. The highest BCUT2D eigenvalue weighted by atomic mass is 16.3. The molecule has 0 unspecified atom stereocenters. The first-order valence-corrected chi connectivity index (χ1v) is 8.41. The highest BCUT2D eigenvalue weighted by molar-refractivity contribution is 5.86. The second-order valence-electron chi connectivity index (χ2n) is 6.60. The molecule has 0 bridgehead atoms. The molecule has 3 aromatic heterocycles. The van der Waals surface area contributed by atoms with E-state index in [1.807, 2.05) is 20.3 Å². The van der Waals surface area contributed by atoms with E-state index in [-0.39, 0.29) is 6.04 Å². The molecule has 1 aliphatic rings.